The standard InChI is InChI=1S/C25H26ClN3O3S/c1-16-22(33-24(28-16)17-8-10-20(26)11-9-17)14-27-23(30)19-6-4-12-29(15-19)21-7-3-5-18(13-21)25(31)32-2/h3,5,7-11,13,19H,4,6,12,14-15H2,1-2H3,(H,27,30). The molecule has 3 aromatic rings. The average Bonchev–Trinajstić information content (AvgIpc) is 3.23. The van der Waals surface area contributed by atoms with Crippen LogP contribution in [0.1, 0.15) is 33.8 Å². The van der Waals surface area contributed by atoms with E-state index in [1.807, 2.05) is 49.4 Å². The molecule has 4 rings (SSSR count). The van der Waals surface area contributed by atoms with Gasteiger partial charge in [-0.2, -0.15) is 0 Å². The van der Waals surface area contributed by atoms with Crippen molar-refractivity contribution in [2.75, 3.05) is 25.1 Å². The summed E-state index contributed by atoms with van der Waals surface area (Å²) in [5.74, 6) is -0.421. The number of ether oxygens (including phenoxy) is 1. The van der Waals surface area contributed by atoms with Crippen molar-refractivity contribution in [2.45, 2.75) is 26.3 Å². The average molecular weight is 484 g/mol. The molecule has 6 nitrogen and oxygen atoms in total. The van der Waals surface area contributed by atoms with Crippen LogP contribution in [0.2, 0.25) is 5.02 Å². The molecular formula is C25H26ClN3O3S. The Balaban J connectivity index is 1.38. The highest BCUT2D eigenvalue weighted by Gasteiger charge is 2.26. The quantitative estimate of drug-likeness (QED) is 0.494. The summed E-state index contributed by atoms with van der Waals surface area (Å²) in [6.45, 7) is 3.90. The Bertz CT molecular complexity index is 1150. The SMILES string of the molecule is COC(=O)c1cccc(N2CCCC(C(=O)NCc3sc(-c4ccc(Cl)cc4)nc3C)C2)c1. The molecule has 1 saturated heterocycles. The van der Waals surface area contributed by atoms with Crippen LogP contribution in [-0.4, -0.2) is 37.1 Å². The lowest BCUT2D eigenvalue weighted by Gasteiger charge is -2.34. The molecule has 1 unspecified atom stereocenters. The van der Waals surface area contributed by atoms with Crippen LogP contribution in [0.25, 0.3) is 10.6 Å². The van der Waals surface area contributed by atoms with E-state index in [1.165, 1.54) is 7.11 Å². The molecule has 172 valence electrons. The van der Waals surface area contributed by atoms with Gasteiger partial charge in [0.1, 0.15) is 5.01 Å². The first-order valence-electron chi connectivity index (χ1n) is 10.9. The van der Waals surface area contributed by atoms with Crippen molar-refractivity contribution in [3.63, 3.8) is 0 Å². The fourth-order valence-electron chi connectivity index (χ4n) is 3.99. The van der Waals surface area contributed by atoms with E-state index >= 15 is 0 Å². The summed E-state index contributed by atoms with van der Waals surface area (Å²) >= 11 is 7.57. The predicted molar refractivity (Wildman–Crippen MR) is 132 cm³/mol. The second kappa shape index (κ2) is 10.4. The van der Waals surface area contributed by atoms with Gasteiger partial charge in [-0.3, -0.25) is 4.79 Å². The largest absolute Gasteiger partial charge is 0.465 e. The summed E-state index contributed by atoms with van der Waals surface area (Å²) < 4.78 is 4.83. The molecule has 1 amide bonds. The molecule has 2 aromatic carbocycles. The van der Waals surface area contributed by atoms with Crippen LogP contribution < -0.4 is 10.2 Å². The van der Waals surface area contributed by atoms with Gasteiger partial charge in [-0.1, -0.05) is 29.8 Å². The van der Waals surface area contributed by atoms with Gasteiger partial charge in [0.15, 0.2) is 0 Å². The normalized spacial score (nSPS) is 15.8. The van der Waals surface area contributed by atoms with Crippen molar-refractivity contribution in [1.82, 2.24) is 10.3 Å². The molecular weight excluding hydrogens is 458 g/mol. The Morgan fingerprint density at radius 2 is 2.03 bits per heavy atom. The van der Waals surface area contributed by atoms with Crippen molar-refractivity contribution in [1.29, 1.82) is 0 Å². The first-order valence-corrected chi connectivity index (χ1v) is 12.1. The third-order valence-electron chi connectivity index (χ3n) is 5.83. The van der Waals surface area contributed by atoms with Gasteiger partial charge in [-0.15, -0.1) is 11.3 Å². The second-order valence-electron chi connectivity index (χ2n) is 8.08. The minimum absolute atomic E-state index is 0.0460. The van der Waals surface area contributed by atoms with Crippen molar-refractivity contribution >= 4 is 40.5 Å². The fourth-order valence-corrected chi connectivity index (χ4v) is 5.13. The van der Waals surface area contributed by atoms with E-state index < -0.39 is 0 Å². The van der Waals surface area contributed by atoms with Crippen molar-refractivity contribution in [3.05, 3.63) is 69.7 Å². The Morgan fingerprint density at radius 3 is 2.79 bits per heavy atom. The zero-order chi connectivity index (χ0) is 23.4. The minimum Gasteiger partial charge on any atom is -0.465 e. The van der Waals surface area contributed by atoms with Gasteiger partial charge in [-0.05, 0) is 50.1 Å². The lowest BCUT2D eigenvalue weighted by molar-refractivity contribution is -0.125. The summed E-state index contributed by atoms with van der Waals surface area (Å²) in [6.07, 6.45) is 1.76. The maximum atomic E-state index is 13.0. The lowest BCUT2D eigenvalue weighted by Crippen LogP contribution is -2.43. The number of rotatable bonds is 6. The minimum atomic E-state index is -0.360. The molecule has 1 aliphatic heterocycles. The van der Waals surface area contributed by atoms with Gasteiger partial charge in [0.05, 0.1) is 30.8 Å². The second-order valence-corrected chi connectivity index (χ2v) is 9.60. The number of thiazole rings is 1. The number of hydrogen-bond acceptors (Lipinski definition) is 6. The molecule has 0 saturated carbocycles. The zero-order valence-electron chi connectivity index (χ0n) is 18.6. The fraction of sp³-hybridized carbons (Fsp3) is 0.320. The van der Waals surface area contributed by atoms with E-state index in [2.05, 4.69) is 15.2 Å². The van der Waals surface area contributed by atoms with E-state index in [9.17, 15) is 9.59 Å². The number of benzene rings is 2. The number of nitrogens with one attached hydrogen (secondary N) is 1. The van der Waals surface area contributed by atoms with Gasteiger partial charge in [0.2, 0.25) is 5.91 Å². The monoisotopic (exact) mass is 483 g/mol. The first-order chi connectivity index (χ1) is 15.9. The molecule has 1 N–H and O–H groups in total. The van der Waals surface area contributed by atoms with Gasteiger partial charge >= 0.3 is 5.97 Å². The third kappa shape index (κ3) is 5.54. The lowest BCUT2D eigenvalue weighted by atomic mass is 9.96. The number of anilines is 1. The Morgan fingerprint density at radius 1 is 1.24 bits per heavy atom. The molecule has 0 radical (unpaired) electrons. The van der Waals surface area contributed by atoms with Crippen molar-refractivity contribution in [3.8, 4) is 10.6 Å². The topological polar surface area (TPSA) is 71.5 Å². The number of carbonyl (C=O) groups excluding carboxylic acids is 2. The van der Waals surface area contributed by atoms with Crippen LogP contribution in [-0.2, 0) is 16.1 Å². The van der Waals surface area contributed by atoms with Crippen LogP contribution in [0.4, 0.5) is 5.69 Å². The van der Waals surface area contributed by atoms with Crippen LogP contribution in [0.3, 0.4) is 0 Å². The van der Waals surface area contributed by atoms with Crippen molar-refractivity contribution in [2.24, 2.45) is 5.92 Å². The summed E-state index contributed by atoms with van der Waals surface area (Å²) in [7, 11) is 1.37. The number of halogens is 1. The first kappa shape index (κ1) is 23.3. The molecule has 1 atom stereocenters. The smallest absolute Gasteiger partial charge is 0.337 e. The highest BCUT2D eigenvalue weighted by Crippen LogP contribution is 2.29. The van der Waals surface area contributed by atoms with E-state index in [0.29, 0.717) is 23.7 Å². The van der Waals surface area contributed by atoms with Crippen LogP contribution in [0.5, 0.6) is 0 Å². The molecule has 2 heterocycles. The van der Waals surface area contributed by atoms with Gasteiger partial charge in [0.25, 0.3) is 0 Å². The third-order valence-corrected chi connectivity index (χ3v) is 7.29. The molecule has 0 aliphatic carbocycles. The maximum Gasteiger partial charge on any atom is 0.337 e. The summed E-state index contributed by atoms with van der Waals surface area (Å²) in [5, 5.41) is 4.72. The Hall–Kier alpha value is -2.90. The van der Waals surface area contributed by atoms with Crippen LogP contribution >= 0.6 is 22.9 Å². The number of aryl methyl sites for hydroxylation is 1. The maximum absolute atomic E-state index is 13.0. The molecule has 1 fully saturated rings. The number of nitrogens with zero attached hydrogens (tertiary/aromatic N) is 2. The van der Waals surface area contributed by atoms with Gasteiger partial charge in [0, 0.05) is 34.2 Å². The molecule has 0 bridgehead atoms. The van der Waals surface area contributed by atoms with E-state index in [4.69, 9.17) is 16.3 Å². The number of amides is 1. The predicted octanol–water partition coefficient (Wildman–Crippen LogP) is 5.09. The number of esters is 1. The van der Waals surface area contributed by atoms with E-state index in [-0.39, 0.29) is 17.8 Å². The number of hydrogen-bond donors (Lipinski definition) is 1. The van der Waals surface area contributed by atoms with Gasteiger partial charge < -0.3 is 15.0 Å². The number of aromatic nitrogens is 1. The summed E-state index contributed by atoms with van der Waals surface area (Å²) in [6, 6.07) is 15.0. The molecule has 33 heavy (non-hydrogen) atoms. The van der Waals surface area contributed by atoms with E-state index in [1.54, 1.807) is 17.4 Å². The Kier molecular flexibility index (Phi) is 7.30. The number of carbonyl (C=O) groups is 2. The van der Waals surface area contributed by atoms with E-state index in [0.717, 1.165) is 46.2 Å². The molecule has 1 aromatic heterocycles. The zero-order valence-corrected chi connectivity index (χ0v) is 20.2. The number of methoxy groups -OCH3 is 1. The summed E-state index contributed by atoms with van der Waals surface area (Å²) in [4.78, 5) is 32.7. The van der Waals surface area contributed by atoms with Gasteiger partial charge in [-0.25, -0.2) is 9.78 Å². The summed E-state index contributed by atoms with van der Waals surface area (Å²) in [5.41, 5.74) is 3.39. The highest BCUT2D eigenvalue weighted by molar-refractivity contribution is 7.15. The van der Waals surface area contributed by atoms with Crippen molar-refractivity contribution < 1.29 is 14.3 Å². The molecule has 1 aliphatic rings. The molecule has 0 spiro atoms. The van der Waals surface area contributed by atoms with Crippen LogP contribution in [0.15, 0.2) is 48.5 Å². The highest BCUT2D eigenvalue weighted by atomic mass is 35.5. The Labute approximate surface area is 202 Å². The number of piperidine rings is 1. The van der Waals surface area contributed by atoms with Crippen LogP contribution in [0, 0.1) is 12.8 Å². The molecule has 8 heteroatoms.